The van der Waals surface area contributed by atoms with Crippen LogP contribution in [0, 0.1) is 11.7 Å². The van der Waals surface area contributed by atoms with Gasteiger partial charge in [-0.1, -0.05) is 78.9 Å². The highest BCUT2D eigenvalue weighted by Crippen LogP contribution is 2.40. The van der Waals surface area contributed by atoms with E-state index < -0.39 is 0 Å². The van der Waals surface area contributed by atoms with Gasteiger partial charge in [0.05, 0.1) is 11.4 Å². The Morgan fingerprint density at radius 3 is 2.24 bits per heavy atom. The van der Waals surface area contributed by atoms with Crippen molar-refractivity contribution < 1.29 is 18.7 Å². The predicted molar refractivity (Wildman–Crippen MR) is 145 cm³/mol. The van der Waals surface area contributed by atoms with Crippen LogP contribution in [0.3, 0.4) is 0 Å². The Bertz CT molecular complexity index is 1630. The summed E-state index contributed by atoms with van der Waals surface area (Å²) in [7, 11) is 0. The van der Waals surface area contributed by atoms with Gasteiger partial charge in [0.2, 0.25) is 0 Å². The number of hydrogen-bond donors (Lipinski definition) is 0. The highest BCUT2D eigenvalue weighted by molar-refractivity contribution is 6.08. The Labute approximate surface area is 220 Å². The van der Waals surface area contributed by atoms with E-state index in [1.807, 2.05) is 78.9 Å². The van der Waals surface area contributed by atoms with Crippen LogP contribution in [0.4, 0.5) is 4.39 Å². The van der Waals surface area contributed by atoms with E-state index in [0.717, 1.165) is 22.4 Å². The molecule has 0 radical (unpaired) electrons. The molecule has 0 spiro atoms. The van der Waals surface area contributed by atoms with Crippen molar-refractivity contribution in [2.24, 2.45) is 5.92 Å². The number of carbonyl (C=O) groups is 2. The van der Waals surface area contributed by atoms with Gasteiger partial charge in [-0.15, -0.1) is 0 Å². The second-order valence-corrected chi connectivity index (χ2v) is 9.68. The molecular weight excluding hydrogens is 477 g/mol. The van der Waals surface area contributed by atoms with Gasteiger partial charge < -0.3 is 4.74 Å². The number of esters is 1. The van der Waals surface area contributed by atoms with Crippen molar-refractivity contribution in [1.82, 2.24) is 4.57 Å². The zero-order chi connectivity index (χ0) is 26.1. The first-order valence-corrected chi connectivity index (χ1v) is 12.8. The molecule has 0 fully saturated rings. The molecule has 4 aromatic carbocycles. The van der Waals surface area contributed by atoms with E-state index in [9.17, 15) is 9.59 Å². The lowest BCUT2D eigenvalue weighted by Crippen LogP contribution is -2.26. The fraction of sp³-hybridized carbons (Fsp3) is 0.152. The highest BCUT2D eigenvalue weighted by atomic mass is 19.1. The molecule has 0 aliphatic heterocycles. The van der Waals surface area contributed by atoms with Crippen LogP contribution in [0.2, 0.25) is 0 Å². The van der Waals surface area contributed by atoms with Gasteiger partial charge in [-0.3, -0.25) is 14.2 Å². The Hall–Kier alpha value is -4.51. The first-order valence-electron chi connectivity index (χ1n) is 12.8. The fourth-order valence-electron chi connectivity index (χ4n) is 5.46. The zero-order valence-corrected chi connectivity index (χ0v) is 20.8. The molecule has 1 aromatic heterocycles. The predicted octanol–water partition coefficient (Wildman–Crippen LogP) is 6.98. The number of aromatic nitrogens is 1. The third kappa shape index (κ3) is 4.41. The molecule has 0 saturated heterocycles. The molecule has 0 bridgehead atoms. The average Bonchev–Trinajstić information content (AvgIpc) is 3.30. The molecule has 1 unspecified atom stereocenters. The lowest BCUT2D eigenvalue weighted by atomic mass is 9.86. The molecule has 5 aromatic rings. The second kappa shape index (κ2) is 10.1. The summed E-state index contributed by atoms with van der Waals surface area (Å²) in [6.07, 6.45) is 1.47. The van der Waals surface area contributed by atoms with E-state index in [0.29, 0.717) is 41.3 Å². The molecule has 1 heterocycles. The minimum atomic E-state index is -0.378. The van der Waals surface area contributed by atoms with Gasteiger partial charge in [-0.05, 0) is 60.2 Å². The minimum absolute atomic E-state index is 0.161. The third-order valence-electron chi connectivity index (χ3n) is 7.29. The number of hydrogen-bond acceptors (Lipinski definition) is 3. The van der Waals surface area contributed by atoms with Crippen LogP contribution in [0.1, 0.15) is 33.6 Å². The first kappa shape index (κ1) is 23.9. The van der Waals surface area contributed by atoms with E-state index in [2.05, 4.69) is 0 Å². The van der Waals surface area contributed by atoms with Gasteiger partial charge in [0, 0.05) is 22.2 Å². The van der Waals surface area contributed by atoms with Crippen LogP contribution in [-0.4, -0.2) is 16.4 Å². The fourth-order valence-corrected chi connectivity index (χ4v) is 5.46. The highest BCUT2D eigenvalue weighted by Gasteiger charge is 2.33. The molecule has 0 amide bonds. The molecular formula is C33H26FNO3. The summed E-state index contributed by atoms with van der Waals surface area (Å²) >= 11 is 0. The van der Waals surface area contributed by atoms with Gasteiger partial charge in [0.15, 0.2) is 0 Å². The van der Waals surface area contributed by atoms with Gasteiger partial charge in [-0.2, -0.15) is 0 Å². The summed E-state index contributed by atoms with van der Waals surface area (Å²) in [5.41, 5.74) is 5.32. The van der Waals surface area contributed by atoms with Crippen molar-refractivity contribution >= 4 is 22.8 Å². The summed E-state index contributed by atoms with van der Waals surface area (Å²) in [4.78, 5) is 27.0. The maximum absolute atomic E-state index is 15.1. The molecule has 0 N–H and O–H groups in total. The van der Waals surface area contributed by atoms with Crippen LogP contribution >= 0.6 is 0 Å². The van der Waals surface area contributed by atoms with Gasteiger partial charge >= 0.3 is 5.97 Å². The molecule has 0 saturated carbocycles. The summed E-state index contributed by atoms with van der Waals surface area (Å²) < 4.78 is 22.5. The smallest absolute Gasteiger partial charge is 0.309 e. The number of halogens is 1. The Kier molecular flexibility index (Phi) is 6.34. The van der Waals surface area contributed by atoms with Crippen molar-refractivity contribution in [2.75, 3.05) is 0 Å². The third-order valence-corrected chi connectivity index (χ3v) is 7.29. The lowest BCUT2D eigenvalue weighted by Gasteiger charge is -2.22. The minimum Gasteiger partial charge on any atom is -0.461 e. The second-order valence-electron chi connectivity index (χ2n) is 9.68. The van der Waals surface area contributed by atoms with E-state index in [-0.39, 0.29) is 30.2 Å². The van der Waals surface area contributed by atoms with E-state index >= 15 is 4.39 Å². The van der Waals surface area contributed by atoms with E-state index in [4.69, 9.17) is 4.74 Å². The van der Waals surface area contributed by atoms with Crippen LogP contribution in [0.5, 0.6) is 0 Å². The first-order chi connectivity index (χ1) is 18.6. The number of rotatable bonds is 5. The van der Waals surface area contributed by atoms with Gasteiger partial charge in [0.25, 0.3) is 5.91 Å². The Morgan fingerprint density at radius 1 is 0.868 bits per heavy atom. The molecule has 38 heavy (non-hydrogen) atoms. The van der Waals surface area contributed by atoms with E-state index in [1.54, 1.807) is 16.7 Å². The molecule has 1 aliphatic carbocycles. The molecule has 1 atom stereocenters. The molecule has 1 aliphatic rings. The maximum atomic E-state index is 15.1. The van der Waals surface area contributed by atoms with Crippen molar-refractivity contribution in [3.63, 3.8) is 0 Å². The van der Waals surface area contributed by atoms with Crippen molar-refractivity contribution in [1.29, 1.82) is 0 Å². The van der Waals surface area contributed by atoms with Crippen LogP contribution in [0.15, 0.2) is 103 Å². The number of fused-ring (bicyclic) bond motifs is 3. The largest absolute Gasteiger partial charge is 0.461 e. The lowest BCUT2D eigenvalue weighted by molar-refractivity contribution is -0.150. The standard InChI is InChI=1S/C33H26FNO3/c34-26-19-27(23-12-6-2-7-13-23)31-29(20-26)28-18-25(33(37)38-21-22-10-4-1-5-11-22)16-17-30(28)35(31)32(36)24-14-8-3-9-15-24/h1-15,19-20,25H,16-18,21H2. The monoisotopic (exact) mass is 503 g/mol. The van der Waals surface area contributed by atoms with Crippen LogP contribution in [-0.2, 0) is 29.0 Å². The number of benzene rings is 4. The molecule has 4 nitrogen and oxygen atoms in total. The van der Waals surface area contributed by atoms with Crippen molar-refractivity contribution in [2.45, 2.75) is 25.9 Å². The molecule has 6 rings (SSSR count). The number of nitrogens with zero attached hydrogens (tertiary/aromatic N) is 1. The summed E-state index contributed by atoms with van der Waals surface area (Å²) in [6.45, 7) is 0.212. The van der Waals surface area contributed by atoms with Crippen LogP contribution < -0.4 is 0 Å². The van der Waals surface area contributed by atoms with Crippen LogP contribution in [0.25, 0.3) is 22.0 Å². The normalized spacial score (nSPS) is 14.7. The zero-order valence-electron chi connectivity index (χ0n) is 20.8. The molecule has 5 heteroatoms. The SMILES string of the molecule is O=C(OCc1ccccc1)C1CCc2c(c3cc(F)cc(-c4ccccc4)c3n2C(=O)c2ccccc2)C1. The maximum Gasteiger partial charge on any atom is 0.309 e. The Balaban J connectivity index is 1.45. The number of carbonyl (C=O) groups excluding carboxylic acids is 2. The average molecular weight is 504 g/mol. The summed E-state index contributed by atoms with van der Waals surface area (Å²) in [5.74, 6) is -1.17. The van der Waals surface area contributed by atoms with Gasteiger partial charge in [0.1, 0.15) is 12.4 Å². The van der Waals surface area contributed by atoms with Gasteiger partial charge in [-0.25, -0.2) is 4.39 Å². The number of ether oxygens (including phenoxy) is 1. The van der Waals surface area contributed by atoms with Crippen molar-refractivity contribution in [3.05, 3.63) is 131 Å². The quantitative estimate of drug-likeness (QED) is 0.243. The topological polar surface area (TPSA) is 48.3 Å². The van der Waals surface area contributed by atoms with E-state index in [1.165, 1.54) is 12.1 Å². The summed E-state index contributed by atoms with van der Waals surface area (Å²) in [5, 5.41) is 0.670. The summed E-state index contributed by atoms with van der Waals surface area (Å²) in [6, 6.07) is 31.2. The molecule has 188 valence electrons. The van der Waals surface area contributed by atoms with Crippen molar-refractivity contribution in [3.8, 4) is 11.1 Å². The Morgan fingerprint density at radius 2 is 1.53 bits per heavy atom.